The molecule has 134 valence electrons. The Bertz CT molecular complexity index is 977. The highest BCUT2D eigenvalue weighted by atomic mass is 15.3. The predicted molar refractivity (Wildman–Crippen MR) is 108 cm³/mol. The molecule has 26 heavy (non-hydrogen) atoms. The van der Waals surface area contributed by atoms with Crippen LogP contribution in [0.25, 0.3) is 16.6 Å². The smallest absolute Gasteiger partial charge is 0.0744 e. The number of aromatic nitrogens is 2. The van der Waals surface area contributed by atoms with Crippen LogP contribution in [-0.4, -0.2) is 9.78 Å². The number of hydrogen-bond donors (Lipinski definition) is 0. The number of rotatable bonds is 4. The molecule has 0 radical (unpaired) electrons. The van der Waals surface area contributed by atoms with Gasteiger partial charge >= 0.3 is 0 Å². The van der Waals surface area contributed by atoms with Crippen molar-refractivity contribution in [2.24, 2.45) is 0 Å². The van der Waals surface area contributed by atoms with Crippen molar-refractivity contribution in [3.8, 4) is 5.69 Å². The molecule has 2 bridgehead atoms. The lowest BCUT2D eigenvalue weighted by Crippen LogP contribution is -2.22. The molecule has 0 aliphatic heterocycles. The minimum atomic E-state index is 0.185. The van der Waals surface area contributed by atoms with Crippen LogP contribution in [0.5, 0.6) is 0 Å². The molecule has 0 N–H and O–H groups in total. The lowest BCUT2D eigenvalue weighted by Gasteiger charge is -2.29. The van der Waals surface area contributed by atoms with E-state index in [0.29, 0.717) is 0 Å². The van der Waals surface area contributed by atoms with Crippen LogP contribution in [0.3, 0.4) is 0 Å². The van der Waals surface area contributed by atoms with Gasteiger partial charge in [-0.25, -0.2) is 4.68 Å². The van der Waals surface area contributed by atoms with Crippen LogP contribution in [0.1, 0.15) is 81.4 Å². The van der Waals surface area contributed by atoms with E-state index in [1.807, 2.05) is 0 Å². The SMILES string of the molecule is CCC(C)(CC)c1ccccc1-n1ncc2cc3c(cc21)C1CCC3C1. The molecule has 1 heterocycles. The van der Waals surface area contributed by atoms with E-state index < -0.39 is 0 Å². The number of fused-ring (bicyclic) bond motifs is 6. The summed E-state index contributed by atoms with van der Waals surface area (Å²) in [5, 5.41) is 6.13. The van der Waals surface area contributed by atoms with Gasteiger partial charge in [-0.3, -0.25) is 0 Å². The first-order chi connectivity index (χ1) is 12.6. The topological polar surface area (TPSA) is 17.8 Å². The molecule has 1 saturated carbocycles. The molecule has 0 amide bonds. The van der Waals surface area contributed by atoms with E-state index >= 15 is 0 Å². The van der Waals surface area contributed by atoms with E-state index in [-0.39, 0.29) is 5.41 Å². The summed E-state index contributed by atoms with van der Waals surface area (Å²) < 4.78 is 2.19. The van der Waals surface area contributed by atoms with Crippen molar-refractivity contribution in [3.63, 3.8) is 0 Å². The number of nitrogens with zero attached hydrogens (tertiary/aromatic N) is 2. The van der Waals surface area contributed by atoms with Crippen LogP contribution < -0.4 is 0 Å². The van der Waals surface area contributed by atoms with Gasteiger partial charge < -0.3 is 0 Å². The van der Waals surface area contributed by atoms with Crippen molar-refractivity contribution in [1.82, 2.24) is 9.78 Å². The molecule has 1 aromatic heterocycles. The van der Waals surface area contributed by atoms with E-state index in [4.69, 9.17) is 5.10 Å². The Labute approximate surface area is 156 Å². The average molecular weight is 345 g/mol. The number of para-hydroxylation sites is 1. The van der Waals surface area contributed by atoms with Gasteiger partial charge in [-0.15, -0.1) is 0 Å². The van der Waals surface area contributed by atoms with Gasteiger partial charge in [-0.05, 0) is 84.2 Å². The zero-order valence-corrected chi connectivity index (χ0v) is 16.1. The molecule has 0 spiro atoms. The van der Waals surface area contributed by atoms with E-state index in [2.05, 4.69) is 68.0 Å². The summed E-state index contributed by atoms with van der Waals surface area (Å²) >= 11 is 0. The zero-order chi connectivity index (χ0) is 17.9. The molecule has 0 saturated heterocycles. The molecule has 2 aliphatic carbocycles. The zero-order valence-electron chi connectivity index (χ0n) is 16.1. The maximum atomic E-state index is 4.84. The lowest BCUT2D eigenvalue weighted by atomic mass is 9.77. The fourth-order valence-electron chi connectivity index (χ4n) is 5.35. The highest BCUT2D eigenvalue weighted by Crippen LogP contribution is 2.53. The standard InChI is InChI=1S/C24H28N2/c1-4-24(3,5-2)21-8-6-7-9-22(21)26-23-14-20-17-11-10-16(12-17)19(20)13-18(23)15-25-26/h6-9,13-17H,4-5,10-12H2,1-3H3. The predicted octanol–water partition coefficient (Wildman–Crippen LogP) is 6.47. The number of benzene rings is 2. The largest absolute Gasteiger partial charge is 0.233 e. The Hall–Kier alpha value is -2.09. The van der Waals surface area contributed by atoms with Crippen LogP contribution in [0.15, 0.2) is 42.6 Å². The summed E-state index contributed by atoms with van der Waals surface area (Å²) in [4.78, 5) is 0. The van der Waals surface area contributed by atoms with Crippen molar-refractivity contribution in [2.75, 3.05) is 0 Å². The van der Waals surface area contributed by atoms with Crippen LogP contribution >= 0.6 is 0 Å². The molecule has 5 rings (SSSR count). The fourth-order valence-corrected chi connectivity index (χ4v) is 5.35. The summed E-state index contributed by atoms with van der Waals surface area (Å²) in [5.74, 6) is 1.59. The van der Waals surface area contributed by atoms with Crippen molar-refractivity contribution in [2.45, 2.75) is 70.1 Å². The van der Waals surface area contributed by atoms with Crippen LogP contribution in [-0.2, 0) is 5.41 Å². The van der Waals surface area contributed by atoms with Crippen LogP contribution in [0.4, 0.5) is 0 Å². The monoisotopic (exact) mass is 344 g/mol. The first kappa shape index (κ1) is 16.1. The first-order valence-electron chi connectivity index (χ1n) is 10.3. The Morgan fingerprint density at radius 1 is 1.04 bits per heavy atom. The fraction of sp³-hybridized carbons (Fsp3) is 0.458. The molecule has 2 aliphatic rings. The molecule has 2 atom stereocenters. The van der Waals surface area contributed by atoms with E-state index in [1.165, 1.54) is 41.4 Å². The van der Waals surface area contributed by atoms with Crippen molar-refractivity contribution < 1.29 is 0 Å². The lowest BCUT2D eigenvalue weighted by molar-refractivity contribution is 0.437. The maximum absolute atomic E-state index is 4.84. The van der Waals surface area contributed by atoms with Crippen LogP contribution in [0, 0.1) is 0 Å². The second kappa shape index (κ2) is 5.70. The van der Waals surface area contributed by atoms with Crippen molar-refractivity contribution in [1.29, 1.82) is 0 Å². The van der Waals surface area contributed by atoms with E-state index in [9.17, 15) is 0 Å². The Morgan fingerprint density at radius 3 is 2.46 bits per heavy atom. The van der Waals surface area contributed by atoms with Gasteiger partial charge in [0.25, 0.3) is 0 Å². The summed E-state index contributed by atoms with van der Waals surface area (Å²) in [5.41, 5.74) is 7.33. The first-order valence-corrected chi connectivity index (χ1v) is 10.3. The molecule has 2 unspecified atom stereocenters. The van der Waals surface area contributed by atoms with Crippen LogP contribution in [0.2, 0.25) is 0 Å². The average Bonchev–Trinajstić information content (AvgIpc) is 3.40. The Balaban J connectivity index is 1.71. The van der Waals surface area contributed by atoms with Gasteiger partial charge in [0.05, 0.1) is 17.4 Å². The van der Waals surface area contributed by atoms with Gasteiger partial charge in [0.15, 0.2) is 0 Å². The van der Waals surface area contributed by atoms with Gasteiger partial charge in [0.2, 0.25) is 0 Å². The van der Waals surface area contributed by atoms with E-state index in [0.717, 1.165) is 24.7 Å². The van der Waals surface area contributed by atoms with Crippen molar-refractivity contribution >= 4 is 10.9 Å². The third kappa shape index (κ3) is 2.14. The molecule has 2 aromatic carbocycles. The van der Waals surface area contributed by atoms with E-state index in [1.54, 1.807) is 11.1 Å². The molecule has 2 heteroatoms. The molecular formula is C24H28N2. The van der Waals surface area contributed by atoms with Gasteiger partial charge in [0, 0.05) is 5.39 Å². The minimum Gasteiger partial charge on any atom is -0.233 e. The van der Waals surface area contributed by atoms with Gasteiger partial charge in [-0.1, -0.05) is 39.0 Å². The molecule has 1 fully saturated rings. The normalized spacial score (nSPS) is 21.5. The Morgan fingerprint density at radius 2 is 1.73 bits per heavy atom. The quantitative estimate of drug-likeness (QED) is 0.530. The number of hydrogen-bond acceptors (Lipinski definition) is 1. The van der Waals surface area contributed by atoms with Crippen molar-refractivity contribution in [3.05, 3.63) is 59.3 Å². The summed E-state index contributed by atoms with van der Waals surface area (Å²) in [7, 11) is 0. The maximum Gasteiger partial charge on any atom is 0.0744 e. The third-order valence-corrected chi connectivity index (χ3v) is 7.43. The molecule has 2 nitrogen and oxygen atoms in total. The third-order valence-electron chi connectivity index (χ3n) is 7.43. The van der Waals surface area contributed by atoms with Gasteiger partial charge in [0.1, 0.15) is 0 Å². The Kier molecular flexibility index (Phi) is 3.53. The van der Waals surface area contributed by atoms with Gasteiger partial charge in [-0.2, -0.15) is 5.10 Å². The second-order valence-corrected chi connectivity index (χ2v) is 8.59. The molecular weight excluding hydrogens is 316 g/mol. The highest BCUT2D eigenvalue weighted by Gasteiger charge is 2.37. The highest BCUT2D eigenvalue weighted by molar-refractivity contribution is 5.83. The minimum absolute atomic E-state index is 0.185. The summed E-state index contributed by atoms with van der Waals surface area (Å²) in [6.45, 7) is 6.98. The second-order valence-electron chi connectivity index (χ2n) is 8.59. The molecule has 3 aromatic rings. The summed E-state index contributed by atoms with van der Waals surface area (Å²) in [6, 6.07) is 13.7. The summed E-state index contributed by atoms with van der Waals surface area (Å²) in [6.07, 6.45) is 8.46.